The van der Waals surface area contributed by atoms with Crippen LogP contribution in [0.5, 0.6) is 0 Å². The molecular formula is C20H30ClN4OS+. The molecule has 27 heavy (non-hydrogen) atoms. The van der Waals surface area contributed by atoms with Crippen molar-refractivity contribution in [2.75, 3.05) is 51.1 Å². The van der Waals surface area contributed by atoms with Crippen LogP contribution in [0.3, 0.4) is 0 Å². The highest BCUT2D eigenvalue weighted by Crippen LogP contribution is 2.20. The number of quaternary nitrogens is 1. The Bertz CT molecular complexity index is 650. The van der Waals surface area contributed by atoms with Crippen LogP contribution < -0.4 is 10.2 Å². The average molecular weight is 410 g/mol. The number of thiocarbonyl (C=S) groups is 1. The van der Waals surface area contributed by atoms with E-state index < -0.39 is 0 Å². The van der Waals surface area contributed by atoms with Gasteiger partial charge in [-0.15, -0.1) is 0 Å². The fraction of sp³-hybridized carbons (Fsp3) is 0.600. The van der Waals surface area contributed by atoms with E-state index in [1.807, 2.05) is 24.3 Å². The van der Waals surface area contributed by atoms with Gasteiger partial charge in [-0.1, -0.05) is 25.4 Å². The van der Waals surface area contributed by atoms with Crippen molar-refractivity contribution in [1.29, 1.82) is 0 Å². The second-order valence-corrected chi connectivity index (χ2v) is 8.92. The standard InChI is InChI=1S/C20H29ClN4OS/c1-15-11-16(2)13-25(12-15)19(26)14-23-7-9-24(10-8-23)20(27)22-18-5-3-17(21)4-6-18/h3-6,15-16H,7-14H2,1-2H3,(H,22,27)/p+1/t15-,16-/m1/s1. The van der Waals surface area contributed by atoms with Gasteiger partial charge in [0.1, 0.15) is 0 Å². The molecule has 7 heteroatoms. The van der Waals surface area contributed by atoms with E-state index >= 15 is 0 Å². The molecule has 0 unspecified atom stereocenters. The lowest BCUT2D eigenvalue weighted by Gasteiger charge is -2.37. The van der Waals surface area contributed by atoms with E-state index in [4.69, 9.17) is 23.8 Å². The zero-order valence-electron chi connectivity index (χ0n) is 16.2. The molecule has 0 aliphatic carbocycles. The predicted octanol–water partition coefficient (Wildman–Crippen LogP) is 1.74. The summed E-state index contributed by atoms with van der Waals surface area (Å²) in [6.45, 7) is 10.5. The third-order valence-electron chi connectivity index (χ3n) is 5.48. The zero-order chi connectivity index (χ0) is 19.4. The van der Waals surface area contributed by atoms with E-state index in [1.54, 1.807) is 0 Å². The molecule has 1 amide bonds. The number of likely N-dealkylation sites (tertiary alicyclic amines) is 1. The lowest BCUT2D eigenvalue weighted by Crippen LogP contribution is -3.15. The summed E-state index contributed by atoms with van der Waals surface area (Å²) >= 11 is 11.5. The van der Waals surface area contributed by atoms with Crippen LogP contribution in [-0.2, 0) is 4.79 Å². The number of halogens is 1. The molecule has 0 radical (unpaired) electrons. The molecule has 2 heterocycles. The first-order valence-electron chi connectivity index (χ1n) is 9.83. The summed E-state index contributed by atoms with van der Waals surface area (Å²) in [4.78, 5) is 18.3. The molecule has 2 saturated heterocycles. The van der Waals surface area contributed by atoms with Crippen molar-refractivity contribution in [2.24, 2.45) is 11.8 Å². The second kappa shape index (κ2) is 9.22. The molecule has 5 nitrogen and oxygen atoms in total. The zero-order valence-corrected chi connectivity index (χ0v) is 17.8. The minimum absolute atomic E-state index is 0.304. The Morgan fingerprint density at radius 2 is 1.74 bits per heavy atom. The predicted molar refractivity (Wildman–Crippen MR) is 114 cm³/mol. The quantitative estimate of drug-likeness (QED) is 0.746. The fourth-order valence-electron chi connectivity index (χ4n) is 4.13. The number of nitrogens with one attached hydrogen (secondary N) is 2. The Morgan fingerprint density at radius 3 is 2.33 bits per heavy atom. The van der Waals surface area contributed by atoms with Gasteiger partial charge in [-0.25, -0.2) is 0 Å². The molecule has 2 aliphatic rings. The number of hydrogen-bond donors (Lipinski definition) is 2. The summed E-state index contributed by atoms with van der Waals surface area (Å²) in [7, 11) is 0. The van der Waals surface area contributed by atoms with Gasteiger partial charge in [0.25, 0.3) is 5.91 Å². The van der Waals surface area contributed by atoms with Crippen LogP contribution in [0, 0.1) is 11.8 Å². The lowest BCUT2D eigenvalue weighted by atomic mass is 9.92. The number of piperazine rings is 1. The van der Waals surface area contributed by atoms with E-state index in [1.165, 1.54) is 11.3 Å². The maximum absolute atomic E-state index is 12.7. The Kier molecular flexibility index (Phi) is 6.95. The van der Waals surface area contributed by atoms with Crippen LogP contribution in [-0.4, -0.2) is 66.6 Å². The van der Waals surface area contributed by atoms with Crippen molar-refractivity contribution in [3.8, 4) is 0 Å². The minimum Gasteiger partial charge on any atom is -0.338 e. The Hall–Kier alpha value is -1.37. The maximum Gasteiger partial charge on any atom is 0.277 e. The molecule has 0 aromatic heterocycles. The summed E-state index contributed by atoms with van der Waals surface area (Å²) in [5.74, 6) is 1.53. The molecule has 2 atom stereocenters. The molecule has 2 aliphatic heterocycles. The van der Waals surface area contributed by atoms with E-state index in [2.05, 4.69) is 29.0 Å². The number of piperidine rings is 1. The van der Waals surface area contributed by atoms with Crippen molar-refractivity contribution in [3.63, 3.8) is 0 Å². The number of nitrogens with zero attached hydrogens (tertiary/aromatic N) is 2. The Labute approximate surface area is 172 Å². The first kappa shape index (κ1) is 20.4. The third-order valence-corrected chi connectivity index (χ3v) is 6.09. The van der Waals surface area contributed by atoms with Crippen LogP contribution in [0.1, 0.15) is 20.3 Å². The summed E-state index contributed by atoms with van der Waals surface area (Å²) in [6, 6.07) is 7.55. The molecule has 2 fully saturated rings. The number of amides is 1. The van der Waals surface area contributed by atoms with Gasteiger partial charge in [-0.2, -0.15) is 0 Å². The van der Waals surface area contributed by atoms with Gasteiger partial charge in [0.15, 0.2) is 11.7 Å². The number of anilines is 1. The summed E-state index contributed by atoms with van der Waals surface area (Å²) in [5, 5.41) is 4.72. The summed E-state index contributed by atoms with van der Waals surface area (Å²) in [5.41, 5.74) is 0.947. The number of rotatable bonds is 3. The van der Waals surface area contributed by atoms with Gasteiger partial charge in [0.05, 0.1) is 26.2 Å². The van der Waals surface area contributed by atoms with Crippen molar-refractivity contribution >= 4 is 40.5 Å². The summed E-state index contributed by atoms with van der Waals surface area (Å²) in [6.07, 6.45) is 1.23. The van der Waals surface area contributed by atoms with Gasteiger partial charge >= 0.3 is 0 Å². The maximum atomic E-state index is 12.7. The second-order valence-electron chi connectivity index (χ2n) is 8.10. The van der Waals surface area contributed by atoms with Crippen LogP contribution >= 0.6 is 23.8 Å². The summed E-state index contributed by atoms with van der Waals surface area (Å²) < 4.78 is 0. The van der Waals surface area contributed by atoms with Crippen LogP contribution in [0.15, 0.2) is 24.3 Å². The number of hydrogen-bond acceptors (Lipinski definition) is 2. The molecule has 3 rings (SSSR count). The van der Waals surface area contributed by atoms with Crippen LogP contribution in [0.2, 0.25) is 5.02 Å². The SMILES string of the molecule is C[C@@H]1C[C@@H](C)CN(C(=O)C[NH+]2CCN(C(=S)Nc3ccc(Cl)cc3)CC2)C1. The lowest BCUT2D eigenvalue weighted by molar-refractivity contribution is -0.896. The van der Waals surface area contributed by atoms with Gasteiger partial charge in [-0.05, 0) is 54.7 Å². The first-order valence-corrected chi connectivity index (χ1v) is 10.6. The molecule has 2 N–H and O–H groups in total. The largest absolute Gasteiger partial charge is 0.338 e. The highest BCUT2D eigenvalue weighted by Gasteiger charge is 2.29. The van der Waals surface area contributed by atoms with E-state index in [9.17, 15) is 4.79 Å². The average Bonchev–Trinajstić information content (AvgIpc) is 2.63. The minimum atomic E-state index is 0.304. The topological polar surface area (TPSA) is 40.0 Å². The highest BCUT2D eigenvalue weighted by atomic mass is 35.5. The van der Waals surface area contributed by atoms with Gasteiger partial charge < -0.3 is 20.0 Å². The number of carbonyl (C=O) groups excluding carboxylic acids is 1. The van der Waals surface area contributed by atoms with Gasteiger partial charge in [0.2, 0.25) is 0 Å². The molecular weight excluding hydrogens is 380 g/mol. The van der Waals surface area contributed by atoms with Gasteiger partial charge in [0, 0.05) is 23.8 Å². The normalized spacial score (nSPS) is 24.0. The molecule has 0 saturated carbocycles. The smallest absolute Gasteiger partial charge is 0.277 e. The molecule has 0 bridgehead atoms. The highest BCUT2D eigenvalue weighted by molar-refractivity contribution is 7.80. The van der Waals surface area contributed by atoms with Crippen LogP contribution in [0.4, 0.5) is 5.69 Å². The van der Waals surface area contributed by atoms with Crippen molar-refractivity contribution in [3.05, 3.63) is 29.3 Å². The molecule has 1 aromatic carbocycles. The van der Waals surface area contributed by atoms with Crippen molar-refractivity contribution in [1.82, 2.24) is 9.80 Å². The van der Waals surface area contributed by atoms with E-state index in [0.717, 1.165) is 50.1 Å². The Morgan fingerprint density at radius 1 is 1.15 bits per heavy atom. The third kappa shape index (κ3) is 5.80. The van der Waals surface area contributed by atoms with E-state index in [0.29, 0.717) is 29.3 Å². The monoisotopic (exact) mass is 409 g/mol. The first-order chi connectivity index (χ1) is 12.9. The molecule has 1 aromatic rings. The fourth-order valence-corrected chi connectivity index (χ4v) is 4.56. The van der Waals surface area contributed by atoms with Crippen LogP contribution in [0.25, 0.3) is 0 Å². The number of carbonyl (C=O) groups is 1. The number of benzene rings is 1. The van der Waals surface area contributed by atoms with Gasteiger partial charge in [-0.3, -0.25) is 4.79 Å². The van der Waals surface area contributed by atoms with E-state index in [-0.39, 0.29) is 0 Å². The molecule has 148 valence electrons. The Balaban J connectivity index is 1.43. The van der Waals surface area contributed by atoms with Crippen molar-refractivity contribution in [2.45, 2.75) is 20.3 Å². The van der Waals surface area contributed by atoms with Crippen molar-refractivity contribution < 1.29 is 9.69 Å². The molecule has 0 spiro atoms.